The van der Waals surface area contributed by atoms with Crippen LogP contribution in [-0.4, -0.2) is 27.1 Å². The van der Waals surface area contributed by atoms with Gasteiger partial charge in [-0.15, -0.1) is 0 Å². The lowest BCUT2D eigenvalue weighted by molar-refractivity contribution is -0.118. The molecule has 5 nitrogen and oxygen atoms in total. The first kappa shape index (κ1) is 19.7. The van der Waals surface area contributed by atoms with Gasteiger partial charge in [0, 0.05) is 12.0 Å². The fourth-order valence-corrected chi connectivity index (χ4v) is 4.40. The SMILES string of the molecule is Cc1oc(-c2ccccc2)nc1CCOc1ccc(CC2SC(=S)NC2=O)cc1. The highest BCUT2D eigenvalue weighted by atomic mass is 32.2. The van der Waals surface area contributed by atoms with Crippen molar-refractivity contribution in [3.05, 3.63) is 71.6 Å². The van der Waals surface area contributed by atoms with E-state index in [0.717, 1.165) is 28.3 Å². The molecule has 1 amide bonds. The smallest absolute Gasteiger partial charge is 0.239 e. The Morgan fingerprint density at radius 1 is 1.17 bits per heavy atom. The van der Waals surface area contributed by atoms with Gasteiger partial charge < -0.3 is 14.5 Å². The Morgan fingerprint density at radius 2 is 1.93 bits per heavy atom. The molecule has 2 heterocycles. The maximum atomic E-state index is 11.8. The number of aromatic nitrogens is 1. The van der Waals surface area contributed by atoms with Gasteiger partial charge in [-0.3, -0.25) is 4.79 Å². The molecule has 29 heavy (non-hydrogen) atoms. The molecule has 1 saturated heterocycles. The lowest BCUT2D eigenvalue weighted by atomic mass is 10.1. The molecule has 1 aromatic heterocycles. The summed E-state index contributed by atoms with van der Waals surface area (Å²) in [5.41, 5.74) is 2.95. The van der Waals surface area contributed by atoms with Gasteiger partial charge in [0.2, 0.25) is 11.8 Å². The van der Waals surface area contributed by atoms with Crippen LogP contribution in [0, 0.1) is 6.92 Å². The van der Waals surface area contributed by atoms with E-state index in [1.165, 1.54) is 11.8 Å². The van der Waals surface area contributed by atoms with Gasteiger partial charge in [0.15, 0.2) is 0 Å². The summed E-state index contributed by atoms with van der Waals surface area (Å²) >= 11 is 6.45. The zero-order valence-electron chi connectivity index (χ0n) is 15.9. The van der Waals surface area contributed by atoms with Crippen molar-refractivity contribution in [3.8, 4) is 17.2 Å². The van der Waals surface area contributed by atoms with Crippen LogP contribution >= 0.6 is 24.0 Å². The van der Waals surface area contributed by atoms with Gasteiger partial charge in [-0.1, -0.05) is 54.3 Å². The van der Waals surface area contributed by atoms with Crippen molar-refractivity contribution in [2.45, 2.75) is 25.0 Å². The minimum atomic E-state index is -0.150. The summed E-state index contributed by atoms with van der Waals surface area (Å²) in [6.07, 6.45) is 1.32. The molecule has 1 atom stereocenters. The number of thioether (sulfide) groups is 1. The average Bonchev–Trinajstić information content (AvgIpc) is 3.25. The number of aryl methyl sites for hydroxylation is 1. The molecule has 1 aliphatic rings. The fraction of sp³-hybridized carbons (Fsp3) is 0.227. The van der Waals surface area contributed by atoms with Gasteiger partial charge in [0.25, 0.3) is 0 Å². The summed E-state index contributed by atoms with van der Waals surface area (Å²) in [5, 5.41) is 2.53. The standard InChI is InChI=1S/C22H20N2O3S2/c1-14-18(23-21(27-14)16-5-3-2-4-6-16)11-12-26-17-9-7-15(8-10-17)13-19-20(25)24-22(28)29-19/h2-10,19H,11-13H2,1H3,(H,24,25,28). The first-order chi connectivity index (χ1) is 14.1. The molecule has 1 fully saturated rings. The molecule has 1 N–H and O–H groups in total. The van der Waals surface area contributed by atoms with E-state index in [0.29, 0.717) is 29.7 Å². The van der Waals surface area contributed by atoms with Crippen molar-refractivity contribution in [2.75, 3.05) is 6.61 Å². The number of ether oxygens (including phenoxy) is 1. The molecule has 0 radical (unpaired) electrons. The summed E-state index contributed by atoms with van der Waals surface area (Å²) in [6.45, 7) is 2.43. The van der Waals surface area contributed by atoms with Crippen LogP contribution in [0.5, 0.6) is 5.75 Å². The van der Waals surface area contributed by atoms with Crippen LogP contribution in [-0.2, 0) is 17.6 Å². The molecular formula is C22H20N2O3S2. The topological polar surface area (TPSA) is 64.4 Å². The van der Waals surface area contributed by atoms with Crippen molar-refractivity contribution in [2.24, 2.45) is 0 Å². The summed E-state index contributed by atoms with van der Waals surface area (Å²) in [4.78, 5) is 16.4. The maximum absolute atomic E-state index is 11.8. The van der Waals surface area contributed by atoms with E-state index in [-0.39, 0.29) is 11.2 Å². The molecule has 4 rings (SSSR count). The molecule has 1 unspecified atom stereocenters. The fourth-order valence-electron chi connectivity index (χ4n) is 3.09. The predicted octanol–water partition coefficient (Wildman–Crippen LogP) is 4.33. The van der Waals surface area contributed by atoms with Gasteiger partial charge >= 0.3 is 0 Å². The highest BCUT2D eigenvalue weighted by molar-refractivity contribution is 8.24. The highest BCUT2D eigenvalue weighted by Crippen LogP contribution is 2.25. The Morgan fingerprint density at radius 3 is 2.62 bits per heavy atom. The molecule has 1 aliphatic heterocycles. The van der Waals surface area contributed by atoms with Crippen molar-refractivity contribution in [1.82, 2.24) is 10.3 Å². The monoisotopic (exact) mass is 424 g/mol. The Hall–Kier alpha value is -2.64. The zero-order valence-corrected chi connectivity index (χ0v) is 17.5. The number of carbonyl (C=O) groups is 1. The van der Waals surface area contributed by atoms with Crippen LogP contribution < -0.4 is 10.1 Å². The Bertz CT molecular complexity index is 1020. The number of hydrogen-bond acceptors (Lipinski definition) is 6. The number of nitrogens with zero attached hydrogens (tertiary/aromatic N) is 1. The van der Waals surface area contributed by atoms with Gasteiger partial charge in [-0.2, -0.15) is 0 Å². The molecule has 0 saturated carbocycles. The number of nitrogens with one attached hydrogen (secondary N) is 1. The number of amides is 1. The second kappa shape index (κ2) is 8.80. The van der Waals surface area contributed by atoms with Crippen molar-refractivity contribution in [3.63, 3.8) is 0 Å². The third kappa shape index (κ3) is 4.86. The maximum Gasteiger partial charge on any atom is 0.239 e. The molecule has 2 aromatic carbocycles. The number of hydrogen-bond donors (Lipinski definition) is 1. The van der Waals surface area contributed by atoms with E-state index in [2.05, 4.69) is 10.3 Å². The van der Waals surface area contributed by atoms with E-state index in [9.17, 15) is 4.79 Å². The molecule has 7 heteroatoms. The Kier molecular flexibility index (Phi) is 5.97. The molecule has 0 aliphatic carbocycles. The Balaban J connectivity index is 1.30. The van der Waals surface area contributed by atoms with Crippen molar-refractivity contribution in [1.29, 1.82) is 0 Å². The van der Waals surface area contributed by atoms with Crippen LogP contribution in [0.2, 0.25) is 0 Å². The van der Waals surface area contributed by atoms with E-state index >= 15 is 0 Å². The van der Waals surface area contributed by atoms with E-state index in [1.807, 2.05) is 61.5 Å². The predicted molar refractivity (Wildman–Crippen MR) is 118 cm³/mol. The normalized spacial score (nSPS) is 16.1. The quantitative estimate of drug-likeness (QED) is 0.570. The van der Waals surface area contributed by atoms with Crippen LogP contribution in [0.15, 0.2) is 59.0 Å². The summed E-state index contributed by atoms with van der Waals surface area (Å²) in [7, 11) is 0. The number of rotatable bonds is 7. The summed E-state index contributed by atoms with van der Waals surface area (Å²) in [5.74, 6) is 2.22. The molecule has 0 bridgehead atoms. The number of carbonyl (C=O) groups excluding carboxylic acids is 1. The van der Waals surface area contributed by atoms with Crippen LogP contribution in [0.1, 0.15) is 17.0 Å². The number of thiocarbonyl (C=S) groups is 1. The highest BCUT2D eigenvalue weighted by Gasteiger charge is 2.28. The minimum Gasteiger partial charge on any atom is -0.493 e. The van der Waals surface area contributed by atoms with E-state index in [4.69, 9.17) is 21.4 Å². The van der Waals surface area contributed by atoms with Crippen LogP contribution in [0.25, 0.3) is 11.5 Å². The van der Waals surface area contributed by atoms with Gasteiger partial charge in [-0.05, 0) is 43.2 Å². The van der Waals surface area contributed by atoms with Crippen molar-refractivity contribution < 1.29 is 13.9 Å². The molecule has 3 aromatic rings. The Labute approximate surface area is 178 Å². The van der Waals surface area contributed by atoms with Gasteiger partial charge in [0.1, 0.15) is 15.8 Å². The lowest BCUT2D eigenvalue weighted by Crippen LogP contribution is -2.25. The summed E-state index contributed by atoms with van der Waals surface area (Å²) in [6, 6.07) is 17.7. The zero-order chi connectivity index (χ0) is 20.2. The van der Waals surface area contributed by atoms with Gasteiger partial charge in [0.05, 0.1) is 17.6 Å². The third-order valence-electron chi connectivity index (χ3n) is 4.63. The second-order valence-electron chi connectivity index (χ2n) is 6.72. The average molecular weight is 425 g/mol. The molecular weight excluding hydrogens is 404 g/mol. The second-order valence-corrected chi connectivity index (χ2v) is 8.60. The van der Waals surface area contributed by atoms with E-state index < -0.39 is 0 Å². The van der Waals surface area contributed by atoms with Crippen LogP contribution in [0.3, 0.4) is 0 Å². The molecule has 0 spiro atoms. The molecule has 148 valence electrons. The first-order valence-electron chi connectivity index (χ1n) is 9.33. The van der Waals surface area contributed by atoms with Crippen molar-refractivity contribution >= 4 is 34.2 Å². The van der Waals surface area contributed by atoms with Crippen LogP contribution in [0.4, 0.5) is 0 Å². The largest absolute Gasteiger partial charge is 0.493 e. The lowest BCUT2D eigenvalue weighted by Gasteiger charge is -2.08. The third-order valence-corrected chi connectivity index (χ3v) is 6.00. The summed E-state index contributed by atoms with van der Waals surface area (Å²) < 4.78 is 12.2. The number of oxazole rings is 1. The number of benzene rings is 2. The van der Waals surface area contributed by atoms with Gasteiger partial charge in [-0.25, -0.2) is 4.98 Å². The first-order valence-corrected chi connectivity index (χ1v) is 10.6. The minimum absolute atomic E-state index is 0.0156. The van der Waals surface area contributed by atoms with E-state index in [1.54, 1.807) is 0 Å².